The van der Waals surface area contributed by atoms with Crippen molar-refractivity contribution in [2.45, 2.75) is 105 Å². The summed E-state index contributed by atoms with van der Waals surface area (Å²) in [6.45, 7) is 16.6. The maximum atomic E-state index is 16.1. The maximum Gasteiger partial charge on any atom is 0.410 e. The molecule has 0 spiro atoms. The van der Waals surface area contributed by atoms with Crippen LogP contribution in [0, 0.1) is 5.82 Å². The van der Waals surface area contributed by atoms with E-state index in [1.54, 1.807) is 47.4 Å². The smallest absolute Gasteiger partial charge is 0.410 e. The molecule has 2 aliphatic rings. The van der Waals surface area contributed by atoms with Gasteiger partial charge in [-0.1, -0.05) is 49.4 Å². The van der Waals surface area contributed by atoms with E-state index in [0.717, 1.165) is 51.9 Å². The Morgan fingerprint density at radius 3 is 2.32 bits per heavy atom. The van der Waals surface area contributed by atoms with Crippen molar-refractivity contribution in [2.24, 2.45) is 0 Å². The molecular weight excluding hydrogens is 788 g/mol. The zero-order chi connectivity index (χ0) is 44.0. The number of benzene rings is 3. The van der Waals surface area contributed by atoms with E-state index in [4.69, 9.17) is 14.5 Å². The Labute approximate surface area is 363 Å². The van der Waals surface area contributed by atoms with Gasteiger partial charge in [0.05, 0.1) is 17.3 Å². The highest BCUT2D eigenvalue weighted by molar-refractivity contribution is 6.00. The van der Waals surface area contributed by atoms with Crippen molar-refractivity contribution in [1.82, 2.24) is 35.2 Å². The zero-order valence-electron chi connectivity index (χ0n) is 36.7. The first kappa shape index (κ1) is 44.2. The SMILES string of the molecule is CCc1nc2c(cnn2CC)c(NC2CCOCC2)c1CNC(=O)c1cccc(C(=O)NCc2cccc(-c3cccc(CN4CCN(C(=O)OC(C)(C)C)[C@@H](C)C4)c3)c2F)c1. The molecule has 3 aromatic carbocycles. The zero-order valence-corrected chi connectivity index (χ0v) is 36.7. The summed E-state index contributed by atoms with van der Waals surface area (Å²) in [5.74, 6) is -1.17. The quantitative estimate of drug-likeness (QED) is 0.109. The van der Waals surface area contributed by atoms with Gasteiger partial charge in [0.15, 0.2) is 5.65 Å². The summed E-state index contributed by atoms with van der Waals surface area (Å²) in [7, 11) is 0. The standard InChI is InChI=1S/C48H59FN8O5/c1-7-41-39(43(53-37-18-22-61-23-19-37)40-28-52-57(8-2)44(40)54-41)27-51-46(59)35-15-10-14-34(25-35)45(58)50-26-36-16-11-17-38(42(36)49)33-13-9-12-32(24-33)30-55-20-21-56(31(3)29-55)47(60)62-48(4,5)6/h9-17,24-25,28,31,37H,7-8,18-23,26-27,29-30H2,1-6H3,(H,50,58)(H,51,59)(H,53,54)/t31-/m0/s1. The van der Waals surface area contributed by atoms with Gasteiger partial charge in [-0.2, -0.15) is 5.10 Å². The fourth-order valence-corrected chi connectivity index (χ4v) is 8.25. The van der Waals surface area contributed by atoms with E-state index in [-0.39, 0.29) is 42.7 Å². The molecule has 3 N–H and O–H groups in total. The lowest BCUT2D eigenvalue weighted by Crippen LogP contribution is -2.54. The van der Waals surface area contributed by atoms with E-state index in [1.165, 1.54) is 0 Å². The molecule has 14 heteroatoms. The number of aromatic nitrogens is 3. The third-order valence-electron chi connectivity index (χ3n) is 11.5. The monoisotopic (exact) mass is 846 g/mol. The van der Waals surface area contributed by atoms with Crippen LogP contribution in [0.2, 0.25) is 0 Å². The molecule has 0 aliphatic carbocycles. The van der Waals surface area contributed by atoms with Crippen molar-refractivity contribution in [2.75, 3.05) is 38.2 Å². The Hall–Kier alpha value is -5.86. The van der Waals surface area contributed by atoms with Crippen LogP contribution in [0.3, 0.4) is 0 Å². The molecule has 328 valence electrons. The topological polar surface area (TPSA) is 143 Å². The second-order valence-corrected chi connectivity index (χ2v) is 17.2. The number of anilines is 1. The number of nitrogens with one attached hydrogen (secondary N) is 3. The number of hydrogen-bond donors (Lipinski definition) is 3. The van der Waals surface area contributed by atoms with Gasteiger partial charge in [-0.3, -0.25) is 14.5 Å². The second-order valence-electron chi connectivity index (χ2n) is 17.2. The fraction of sp³-hybridized carbons (Fsp3) is 0.438. The van der Waals surface area contributed by atoms with Gasteiger partial charge >= 0.3 is 6.09 Å². The molecule has 5 aromatic rings. The summed E-state index contributed by atoms with van der Waals surface area (Å²) < 4.78 is 29.2. The maximum absolute atomic E-state index is 16.1. The second kappa shape index (κ2) is 19.5. The Morgan fingerprint density at radius 1 is 0.919 bits per heavy atom. The highest BCUT2D eigenvalue weighted by atomic mass is 19.1. The molecule has 0 bridgehead atoms. The molecule has 0 radical (unpaired) electrons. The first-order valence-corrected chi connectivity index (χ1v) is 21.8. The number of carbonyl (C=O) groups excluding carboxylic acids is 3. The summed E-state index contributed by atoms with van der Waals surface area (Å²) in [5, 5.41) is 15.2. The molecule has 2 fully saturated rings. The lowest BCUT2D eigenvalue weighted by Gasteiger charge is -2.40. The lowest BCUT2D eigenvalue weighted by atomic mass is 9.99. The third kappa shape index (κ3) is 10.4. The number of halogens is 1. The lowest BCUT2D eigenvalue weighted by molar-refractivity contribution is 0.000540. The van der Waals surface area contributed by atoms with Crippen LogP contribution in [0.1, 0.15) is 97.5 Å². The van der Waals surface area contributed by atoms with Crippen molar-refractivity contribution >= 4 is 34.6 Å². The number of piperazine rings is 1. The normalized spacial score (nSPS) is 16.3. The number of rotatable bonds is 13. The summed E-state index contributed by atoms with van der Waals surface area (Å²) in [5.41, 5.74) is 6.12. The van der Waals surface area contributed by atoms with Gasteiger partial charge in [0, 0.05) is 105 Å². The number of carbonyl (C=O) groups is 3. The molecule has 62 heavy (non-hydrogen) atoms. The number of amides is 3. The number of ether oxygens (including phenoxy) is 2. The Bertz CT molecular complexity index is 2400. The average molecular weight is 847 g/mol. The van der Waals surface area contributed by atoms with Gasteiger partial charge in [-0.05, 0) is 89.3 Å². The van der Waals surface area contributed by atoms with E-state index in [9.17, 15) is 14.4 Å². The van der Waals surface area contributed by atoms with Crippen LogP contribution in [-0.4, -0.2) is 93.0 Å². The van der Waals surface area contributed by atoms with Crippen molar-refractivity contribution in [1.29, 1.82) is 0 Å². The molecule has 13 nitrogen and oxygen atoms in total. The fourth-order valence-electron chi connectivity index (χ4n) is 8.25. The number of nitrogens with zero attached hydrogens (tertiary/aromatic N) is 5. The van der Waals surface area contributed by atoms with Gasteiger partial charge in [0.1, 0.15) is 11.4 Å². The Kier molecular flexibility index (Phi) is 13.9. The van der Waals surface area contributed by atoms with Gasteiger partial charge < -0.3 is 30.3 Å². The number of pyridine rings is 1. The number of aryl methyl sites for hydroxylation is 2. The van der Waals surface area contributed by atoms with Gasteiger partial charge in [-0.15, -0.1) is 0 Å². The van der Waals surface area contributed by atoms with Gasteiger partial charge in [0.25, 0.3) is 11.8 Å². The molecule has 7 rings (SSSR count). The molecule has 2 aliphatic heterocycles. The average Bonchev–Trinajstić information content (AvgIpc) is 3.68. The predicted octanol–water partition coefficient (Wildman–Crippen LogP) is 7.71. The molecule has 2 saturated heterocycles. The summed E-state index contributed by atoms with van der Waals surface area (Å²) in [6, 6.07) is 19.7. The summed E-state index contributed by atoms with van der Waals surface area (Å²) in [4.78, 5) is 48.9. The van der Waals surface area contributed by atoms with Crippen molar-refractivity contribution in [3.63, 3.8) is 0 Å². The number of fused-ring (bicyclic) bond motifs is 1. The van der Waals surface area contributed by atoms with Gasteiger partial charge in [0.2, 0.25) is 0 Å². The first-order valence-electron chi connectivity index (χ1n) is 21.8. The molecular formula is C48H59FN8O5. The third-order valence-corrected chi connectivity index (χ3v) is 11.5. The van der Waals surface area contributed by atoms with Gasteiger partial charge in [-0.25, -0.2) is 18.9 Å². The Morgan fingerprint density at radius 2 is 1.63 bits per heavy atom. The van der Waals surface area contributed by atoms with Crippen LogP contribution in [0.25, 0.3) is 22.2 Å². The molecule has 4 heterocycles. The highest BCUT2D eigenvalue weighted by Gasteiger charge is 2.31. The van der Waals surface area contributed by atoms with E-state index in [0.29, 0.717) is 69.0 Å². The molecule has 0 unspecified atom stereocenters. The minimum Gasteiger partial charge on any atom is -0.444 e. The molecule has 2 aromatic heterocycles. The van der Waals surface area contributed by atoms with Crippen LogP contribution in [0.5, 0.6) is 0 Å². The van der Waals surface area contributed by atoms with E-state index >= 15 is 4.39 Å². The number of hydrogen-bond acceptors (Lipinski definition) is 9. The Balaban J connectivity index is 0.984. The van der Waals surface area contributed by atoms with Crippen LogP contribution < -0.4 is 16.0 Å². The van der Waals surface area contributed by atoms with E-state index in [2.05, 4.69) is 32.9 Å². The van der Waals surface area contributed by atoms with Crippen LogP contribution >= 0.6 is 0 Å². The van der Waals surface area contributed by atoms with E-state index < -0.39 is 17.3 Å². The predicted molar refractivity (Wildman–Crippen MR) is 238 cm³/mol. The highest BCUT2D eigenvalue weighted by Crippen LogP contribution is 2.32. The molecule has 3 amide bonds. The van der Waals surface area contributed by atoms with Crippen molar-refractivity contribution < 1.29 is 28.2 Å². The van der Waals surface area contributed by atoms with Crippen LogP contribution in [-0.2, 0) is 42.1 Å². The van der Waals surface area contributed by atoms with E-state index in [1.807, 2.05) is 69.8 Å². The van der Waals surface area contributed by atoms with Crippen molar-refractivity contribution in [3.8, 4) is 11.1 Å². The molecule has 0 saturated carbocycles. The van der Waals surface area contributed by atoms with Crippen LogP contribution in [0.15, 0.2) is 72.9 Å². The first-order chi connectivity index (χ1) is 29.8. The molecule has 1 atom stereocenters. The minimum absolute atomic E-state index is 0.0138. The summed E-state index contributed by atoms with van der Waals surface area (Å²) in [6.07, 6.45) is 3.95. The van der Waals surface area contributed by atoms with Crippen molar-refractivity contribution in [3.05, 3.63) is 112 Å². The van der Waals surface area contributed by atoms with Crippen LogP contribution in [0.4, 0.5) is 14.9 Å². The minimum atomic E-state index is -0.553. The summed E-state index contributed by atoms with van der Waals surface area (Å²) >= 11 is 0. The largest absolute Gasteiger partial charge is 0.444 e.